The molecule has 0 aromatic heterocycles. The summed E-state index contributed by atoms with van der Waals surface area (Å²) in [7, 11) is 0. The third-order valence-electron chi connectivity index (χ3n) is 5.06. The van der Waals surface area contributed by atoms with E-state index in [9.17, 15) is 9.18 Å². The SMILES string of the molecule is CCOc1c(-c2ccccc2F)ccc(C2(C=O)CCCCC2)c1F. The second-order valence-electron chi connectivity index (χ2n) is 6.55. The van der Waals surface area contributed by atoms with Crippen molar-refractivity contribution in [3.05, 3.63) is 53.6 Å². The third-order valence-corrected chi connectivity index (χ3v) is 5.06. The maximum Gasteiger partial charge on any atom is 0.169 e. The lowest BCUT2D eigenvalue weighted by molar-refractivity contribution is -0.113. The van der Waals surface area contributed by atoms with Gasteiger partial charge in [0.1, 0.15) is 12.1 Å². The highest BCUT2D eigenvalue weighted by Crippen LogP contribution is 2.44. The highest BCUT2D eigenvalue weighted by molar-refractivity contribution is 5.75. The molecule has 1 aliphatic carbocycles. The quantitative estimate of drug-likeness (QED) is 0.676. The number of rotatable bonds is 5. The van der Waals surface area contributed by atoms with Crippen molar-refractivity contribution in [2.45, 2.75) is 44.4 Å². The summed E-state index contributed by atoms with van der Waals surface area (Å²) in [5, 5.41) is 0. The van der Waals surface area contributed by atoms with Crippen LogP contribution < -0.4 is 4.74 Å². The molecule has 0 aliphatic heterocycles. The average molecular weight is 344 g/mol. The van der Waals surface area contributed by atoms with Gasteiger partial charge in [-0.25, -0.2) is 8.78 Å². The van der Waals surface area contributed by atoms with Gasteiger partial charge in [0.25, 0.3) is 0 Å². The van der Waals surface area contributed by atoms with Gasteiger partial charge in [0.05, 0.1) is 12.0 Å². The van der Waals surface area contributed by atoms with E-state index in [-0.39, 0.29) is 12.4 Å². The van der Waals surface area contributed by atoms with Gasteiger partial charge in [-0.15, -0.1) is 0 Å². The van der Waals surface area contributed by atoms with Gasteiger partial charge in [0, 0.05) is 16.7 Å². The number of ether oxygens (including phenoxy) is 1. The number of benzene rings is 2. The van der Waals surface area contributed by atoms with E-state index in [0.717, 1.165) is 25.5 Å². The minimum absolute atomic E-state index is 0.0249. The first-order chi connectivity index (χ1) is 12.1. The van der Waals surface area contributed by atoms with Crippen molar-refractivity contribution in [3.63, 3.8) is 0 Å². The zero-order valence-corrected chi connectivity index (χ0v) is 14.4. The molecule has 0 heterocycles. The van der Waals surface area contributed by atoms with Crippen LogP contribution in [0.15, 0.2) is 36.4 Å². The summed E-state index contributed by atoms with van der Waals surface area (Å²) in [4.78, 5) is 11.8. The Kier molecular flexibility index (Phi) is 5.16. The lowest BCUT2D eigenvalue weighted by Crippen LogP contribution is -2.32. The Balaban J connectivity index is 2.16. The first-order valence-electron chi connectivity index (χ1n) is 8.80. The molecule has 25 heavy (non-hydrogen) atoms. The molecule has 0 saturated heterocycles. The van der Waals surface area contributed by atoms with Crippen LogP contribution in [0.1, 0.15) is 44.6 Å². The van der Waals surface area contributed by atoms with Crippen molar-refractivity contribution in [3.8, 4) is 16.9 Å². The van der Waals surface area contributed by atoms with Crippen LogP contribution in [0.2, 0.25) is 0 Å². The van der Waals surface area contributed by atoms with Crippen LogP contribution in [0.5, 0.6) is 5.75 Å². The van der Waals surface area contributed by atoms with Crippen LogP contribution >= 0.6 is 0 Å². The van der Waals surface area contributed by atoms with Crippen molar-refractivity contribution in [2.24, 2.45) is 0 Å². The number of carbonyl (C=O) groups excluding carboxylic acids is 1. The predicted octanol–water partition coefficient (Wildman–Crippen LogP) is 5.43. The zero-order valence-electron chi connectivity index (χ0n) is 14.4. The van der Waals surface area contributed by atoms with Crippen molar-refractivity contribution in [1.82, 2.24) is 0 Å². The van der Waals surface area contributed by atoms with Gasteiger partial charge in [-0.05, 0) is 25.8 Å². The molecule has 0 amide bonds. The number of halogens is 2. The van der Waals surface area contributed by atoms with E-state index >= 15 is 4.39 Å². The van der Waals surface area contributed by atoms with Crippen LogP contribution in [-0.4, -0.2) is 12.9 Å². The van der Waals surface area contributed by atoms with E-state index in [1.807, 2.05) is 0 Å². The van der Waals surface area contributed by atoms with Crippen LogP contribution in [-0.2, 0) is 10.2 Å². The highest BCUT2D eigenvalue weighted by Gasteiger charge is 2.37. The molecule has 1 aliphatic rings. The van der Waals surface area contributed by atoms with Gasteiger partial charge in [0.2, 0.25) is 0 Å². The monoisotopic (exact) mass is 344 g/mol. The van der Waals surface area contributed by atoms with Gasteiger partial charge >= 0.3 is 0 Å². The molecule has 3 rings (SSSR count). The summed E-state index contributed by atoms with van der Waals surface area (Å²) >= 11 is 0. The third kappa shape index (κ3) is 3.17. The summed E-state index contributed by atoms with van der Waals surface area (Å²) in [6.45, 7) is 2.02. The lowest BCUT2D eigenvalue weighted by atomic mass is 9.70. The smallest absolute Gasteiger partial charge is 0.169 e. The van der Waals surface area contributed by atoms with Gasteiger partial charge < -0.3 is 9.53 Å². The molecule has 4 heteroatoms. The molecular weight excluding hydrogens is 322 g/mol. The van der Waals surface area contributed by atoms with Gasteiger partial charge in [-0.2, -0.15) is 0 Å². The summed E-state index contributed by atoms with van der Waals surface area (Å²) in [6, 6.07) is 9.52. The zero-order chi connectivity index (χ0) is 17.9. The molecule has 0 spiro atoms. The van der Waals surface area contributed by atoms with E-state index in [2.05, 4.69) is 0 Å². The van der Waals surface area contributed by atoms with Crippen molar-refractivity contribution < 1.29 is 18.3 Å². The second-order valence-corrected chi connectivity index (χ2v) is 6.55. The normalized spacial score (nSPS) is 16.4. The minimum Gasteiger partial charge on any atom is -0.490 e. The molecule has 2 nitrogen and oxygen atoms in total. The van der Waals surface area contributed by atoms with Crippen molar-refractivity contribution in [2.75, 3.05) is 6.61 Å². The first-order valence-corrected chi connectivity index (χ1v) is 8.80. The average Bonchev–Trinajstić information content (AvgIpc) is 2.64. The van der Waals surface area contributed by atoms with Crippen LogP contribution in [0.25, 0.3) is 11.1 Å². The Morgan fingerprint density at radius 1 is 1.04 bits per heavy atom. The largest absolute Gasteiger partial charge is 0.490 e. The Hall–Kier alpha value is -2.23. The Labute approximate surface area is 146 Å². The topological polar surface area (TPSA) is 26.3 Å². The van der Waals surface area contributed by atoms with E-state index in [0.29, 0.717) is 29.5 Å². The van der Waals surface area contributed by atoms with E-state index in [4.69, 9.17) is 4.74 Å². The number of aldehydes is 1. The summed E-state index contributed by atoms with van der Waals surface area (Å²) < 4.78 is 35.1. The Bertz CT molecular complexity index is 764. The molecule has 0 atom stereocenters. The first kappa shape index (κ1) is 17.6. The molecule has 0 N–H and O–H groups in total. The van der Waals surface area contributed by atoms with Crippen LogP contribution in [0, 0.1) is 11.6 Å². The van der Waals surface area contributed by atoms with E-state index in [1.165, 1.54) is 6.07 Å². The van der Waals surface area contributed by atoms with Gasteiger partial charge in [0.15, 0.2) is 11.6 Å². The number of carbonyl (C=O) groups is 1. The predicted molar refractivity (Wildman–Crippen MR) is 93.8 cm³/mol. The fourth-order valence-corrected chi connectivity index (χ4v) is 3.75. The summed E-state index contributed by atoms with van der Waals surface area (Å²) in [5.74, 6) is -0.952. The molecular formula is C21H22F2O2. The molecule has 0 bridgehead atoms. The highest BCUT2D eigenvalue weighted by atomic mass is 19.1. The van der Waals surface area contributed by atoms with E-state index < -0.39 is 17.0 Å². The standard InChI is InChI=1S/C21H22F2O2/c1-2-25-20-16(15-8-4-5-9-18(15)22)10-11-17(19(20)23)21(14-24)12-6-3-7-13-21/h4-5,8-11,14H,2-3,6-7,12-13H2,1H3. The molecule has 132 valence electrons. The minimum atomic E-state index is -0.804. The fourth-order valence-electron chi connectivity index (χ4n) is 3.75. The summed E-state index contributed by atoms with van der Waals surface area (Å²) in [5.41, 5.74) is 0.228. The van der Waals surface area contributed by atoms with Crippen LogP contribution in [0.3, 0.4) is 0 Å². The van der Waals surface area contributed by atoms with Gasteiger partial charge in [-0.1, -0.05) is 49.6 Å². The molecule has 2 aromatic rings. The molecule has 1 fully saturated rings. The Morgan fingerprint density at radius 2 is 1.76 bits per heavy atom. The molecule has 0 unspecified atom stereocenters. The fraction of sp³-hybridized carbons (Fsp3) is 0.381. The van der Waals surface area contributed by atoms with Crippen LogP contribution in [0.4, 0.5) is 8.78 Å². The molecule has 1 saturated carbocycles. The van der Waals surface area contributed by atoms with Crippen molar-refractivity contribution >= 4 is 6.29 Å². The maximum absolute atomic E-state index is 15.3. The van der Waals surface area contributed by atoms with Gasteiger partial charge in [-0.3, -0.25) is 0 Å². The summed E-state index contributed by atoms with van der Waals surface area (Å²) in [6.07, 6.45) is 5.01. The van der Waals surface area contributed by atoms with Crippen molar-refractivity contribution in [1.29, 1.82) is 0 Å². The number of hydrogen-bond acceptors (Lipinski definition) is 2. The van der Waals surface area contributed by atoms with E-state index in [1.54, 1.807) is 37.3 Å². The number of hydrogen-bond donors (Lipinski definition) is 0. The second kappa shape index (κ2) is 7.34. The molecule has 0 radical (unpaired) electrons. The lowest BCUT2D eigenvalue weighted by Gasteiger charge is -2.33. The Morgan fingerprint density at radius 3 is 2.40 bits per heavy atom. The maximum atomic E-state index is 15.3. The molecule has 2 aromatic carbocycles.